The lowest BCUT2D eigenvalue weighted by Crippen LogP contribution is -2.25. The summed E-state index contributed by atoms with van der Waals surface area (Å²) in [4.78, 5) is 0. The molecule has 0 fully saturated rings. The van der Waals surface area contributed by atoms with E-state index in [9.17, 15) is 10.2 Å². The molecule has 0 heterocycles. The molecule has 1 atom stereocenters. The maximum atomic E-state index is 9.68. The molecule has 0 saturated heterocycles. The predicted molar refractivity (Wildman–Crippen MR) is 108 cm³/mol. The zero-order chi connectivity index (χ0) is 19.6. The molecule has 0 aliphatic rings. The minimum Gasteiger partial charge on any atom is -0.504 e. The molecule has 0 aromatic heterocycles. The number of ether oxygens (including phenoxy) is 2. The second-order valence-corrected chi connectivity index (χ2v) is 6.78. The SMILES string of the molecule is CNC(CCCCc1ccc(O)c(OC)c1)CCc1ccc(O)c(OC)c1. The molecule has 0 aliphatic heterocycles. The summed E-state index contributed by atoms with van der Waals surface area (Å²) in [6, 6.07) is 11.5. The second-order valence-electron chi connectivity index (χ2n) is 6.78. The largest absolute Gasteiger partial charge is 0.504 e. The first-order valence-corrected chi connectivity index (χ1v) is 9.46. The van der Waals surface area contributed by atoms with Gasteiger partial charge in [-0.05, 0) is 74.5 Å². The third kappa shape index (κ3) is 6.36. The highest BCUT2D eigenvalue weighted by Gasteiger charge is 2.09. The van der Waals surface area contributed by atoms with Crippen LogP contribution in [-0.4, -0.2) is 37.5 Å². The van der Waals surface area contributed by atoms with Gasteiger partial charge in [0, 0.05) is 6.04 Å². The number of phenols is 2. The molecule has 0 bridgehead atoms. The average Bonchev–Trinajstić information content (AvgIpc) is 2.69. The van der Waals surface area contributed by atoms with Gasteiger partial charge < -0.3 is 25.0 Å². The van der Waals surface area contributed by atoms with Gasteiger partial charge in [-0.3, -0.25) is 0 Å². The molecular formula is C22H31NO4. The number of benzene rings is 2. The third-order valence-corrected chi connectivity index (χ3v) is 4.95. The summed E-state index contributed by atoms with van der Waals surface area (Å²) in [5.41, 5.74) is 2.35. The fourth-order valence-electron chi connectivity index (χ4n) is 3.25. The molecular weight excluding hydrogens is 342 g/mol. The summed E-state index contributed by atoms with van der Waals surface area (Å²) in [5, 5.41) is 22.7. The Hall–Kier alpha value is -2.40. The van der Waals surface area contributed by atoms with E-state index in [2.05, 4.69) is 5.32 Å². The van der Waals surface area contributed by atoms with Crippen molar-refractivity contribution in [1.82, 2.24) is 5.32 Å². The number of nitrogens with one attached hydrogen (secondary N) is 1. The van der Waals surface area contributed by atoms with Crippen LogP contribution in [0.1, 0.15) is 36.8 Å². The summed E-state index contributed by atoms with van der Waals surface area (Å²) in [7, 11) is 5.14. The van der Waals surface area contributed by atoms with Crippen molar-refractivity contribution in [2.24, 2.45) is 0 Å². The van der Waals surface area contributed by atoms with Gasteiger partial charge in [0.2, 0.25) is 0 Å². The molecule has 2 aromatic rings. The van der Waals surface area contributed by atoms with E-state index in [-0.39, 0.29) is 11.5 Å². The van der Waals surface area contributed by atoms with E-state index >= 15 is 0 Å². The van der Waals surface area contributed by atoms with Crippen LogP contribution in [0.2, 0.25) is 0 Å². The van der Waals surface area contributed by atoms with Crippen molar-refractivity contribution >= 4 is 0 Å². The lowest BCUT2D eigenvalue weighted by Gasteiger charge is -2.16. The summed E-state index contributed by atoms with van der Waals surface area (Å²) in [6.45, 7) is 0. The smallest absolute Gasteiger partial charge is 0.160 e. The average molecular weight is 373 g/mol. The minimum atomic E-state index is 0.178. The van der Waals surface area contributed by atoms with Crippen molar-refractivity contribution in [3.05, 3.63) is 47.5 Å². The molecule has 0 spiro atoms. The Balaban J connectivity index is 1.75. The fraction of sp³-hybridized carbons (Fsp3) is 0.455. The number of aromatic hydroxyl groups is 2. The van der Waals surface area contributed by atoms with E-state index in [0.29, 0.717) is 17.5 Å². The van der Waals surface area contributed by atoms with Gasteiger partial charge in [-0.2, -0.15) is 0 Å². The number of aryl methyl sites for hydroxylation is 2. The van der Waals surface area contributed by atoms with Crippen LogP contribution >= 0.6 is 0 Å². The highest BCUT2D eigenvalue weighted by molar-refractivity contribution is 5.42. The number of unbranched alkanes of at least 4 members (excludes halogenated alkanes) is 1. The topological polar surface area (TPSA) is 71.0 Å². The van der Waals surface area contributed by atoms with Gasteiger partial charge in [0.05, 0.1) is 14.2 Å². The minimum absolute atomic E-state index is 0.178. The van der Waals surface area contributed by atoms with Crippen molar-refractivity contribution in [2.45, 2.75) is 44.6 Å². The number of methoxy groups -OCH3 is 2. The first-order valence-electron chi connectivity index (χ1n) is 9.46. The van der Waals surface area contributed by atoms with Gasteiger partial charge in [0.25, 0.3) is 0 Å². The molecule has 2 rings (SSSR count). The summed E-state index contributed by atoms with van der Waals surface area (Å²) in [5.74, 6) is 1.42. The number of hydrogen-bond acceptors (Lipinski definition) is 5. The normalized spacial score (nSPS) is 12.0. The van der Waals surface area contributed by atoms with Crippen LogP contribution in [0.25, 0.3) is 0 Å². The van der Waals surface area contributed by atoms with Crippen LogP contribution < -0.4 is 14.8 Å². The number of rotatable bonds is 11. The maximum Gasteiger partial charge on any atom is 0.160 e. The molecule has 2 aromatic carbocycles. The monoisotopic (exact) mass is 373 g/mol. The molecule has 0 aliphatic carbocycles. The molecule has 3 N–H and O–H groups in total. The first-order chi connectivity index (χ1) is 13.1. The Bertz CT molecular complexity index is 717. The molecule has 27 heavy (non-hydrogen) atoms. The van der Waals surface area contributed by atoms with E-state index in [4.69, 9.17) is 9.47 Å². The molecule has 0 amide bonds. The molecule has 0 radical (unpaired) electrons. The van der Waals surface area contributed by atoms with Gasteiger partial charge in [0.1, 0.15) is 0 Å². The van der Waals surface area contributed by atoms with Crippen LogP contribution in [0.5, 0.6) is 23.0 Å². The zero-order valence-electron chi connectivity index (χ0n) is 16.5. The Morgan fingerprint density at radius 1 is 0.815 bits per heavy atom. The molecule has 5 nitrogen and oxygen atoms in total. The number of phenolic OH excluding ortho intramolecular Hbond substituents is 2. The number of hydrogen-bond donors (Lipinski definition) is 3. The summed E-state index contributed by atoms with van der Waals surface area (Å²) >= 11 is 0. The van der Waals surface area contributed by atoms with E-state index in [1.165, 1.54) is 11.1 Å². The summed E-state index contributed by atoms with van der Waals surface area (Å²) < 4.78 is 10.3. The Kier molecular flexibility index (Phi) is 8.27. The zero-order valence-corrected chi connectivity index (χ0v) is 16.5. The maximum absolute atomic E-state index is 9.68. The van der Waals surface area contributed by atoms with Crippen LogP contribution in [0, 0.1) is 0 Å². The lowest BCUT2D eigenvalue weighted by atomic mass is 9.99. The lowest BCUT2D eigenvalue weighted by molar-refractivity contribution is 0.372. The van der Waals surface area contributed by atoms with E-state index < -0.39 is 0 Å². The molecule has 0 saturated carbocycles. The van der Waals surface area contributed by atoms with Crippen molar-refractivity contribution in [3.63, 3.8) is 0 Å². The van der Waals surface area contributed by atoms with Gasteiger partial charge in [-0.25, -0.2) is 0 Å². The van der Waals surface area contributed by atoms with Crippen molar-refractivity contribution in [1.29, 1.82) is 0 Å². The van der Waals surface area contributed by atoms with Crippen molar-refractivity contribution in [2.75, 3.05) is 21.3 Å². The molecule has 1 unspecified atom stereocenters. The quantitative estimate of drug-likeness (QED) is 0.519. The highest BCUT2D eigenvalue weighted by Crippen LogP contribution is 2.28. The second kappa shape index (κ2) is 10.7. The first kappa shape index (κ1) is 20.9. The van der Waals surface area contributed by atoms with E-state index in [1.807, 2.05) is 31.3 Å². The van der Waals surface area contributed by atoms with Crippen LogP contribution in [-0.2, 0) is 12.8 Å². The third-order valence-electron chi connectivity index (χ3n) is 4.95. The van der Waals surface area contributed by atoms with E-state index in [1.54, 1.807) is 26.4 Å². The van der Waals surface area contributed by atoms with Crippen molar-refractivity contribution in [3.8, 4) is 23.0 Å². The Morgan fingerprint density at radius 2 is 1.37 bits per heavy atom. The standard InChI is InChI=1S/C22H31NO4/c1-23-18(11-8-17-10-13-20(25)22(15-17)27-3)7-5-4-6-16-9-12-19(24)21(14-16)26-2/h9-10,12-15,18,23-25H,4-8,11H2,1-3H3. The fourth-order valence-corrected chi connectivity index (χ4v) is 3.25. The van der Waals surface area contributed by atoms with E-state index in [0.717, 1.165) is 38.5 Å². The van der Waals surface area contributed by atoms with Crippen LogP contribution in [0.15, 0.2) is 36.4 Å². The highest BCUT2D eigenvalue weighted by atomic mass is 16.5. The van der Waals surface area contributed by atoms with Crippen LogP contribution in [0.3, 0.4) is 0 Å². The van der Waals surface area contributed by atoms with Crippen LogP contribution in [0.4, 0.5) is 0 Å². The van der Waals surface area contributed by atoms with Crippen molar-refractivity contribution < 1.29 is 19.7 Å². The molecule has 5 heteroatoms. The van der Waals surface area contributed by atoms with Gasteiger partial charge >= 0.3 is 0 Å². The van der Waals surface area contributed by atoms with Gasteiger partial charge in [0.15, 0.2) is 23.0 Å². The predicted octanol–water partition coefficient (Wildman–Crippen LogP) is 4.05. The van der Waals surface area contributed by atoms with Gasteiger partial charge in [-0.15, -0.1) is 0 Å². The Morgan fingerprint density at radius 3 is 1.89 bits per heavy atom. The Labute approximate surface area is 162 Å². The summed E-state index contributed by atoms with van der Waals surface area (Å²) in [6.07, 6.45) is 6.30. The van der Waals surface area contributed by atoms with Gasteiger partial charge in [-0.1, -0.05) is 18.6 Å². The molecule has 148 valence electrons.